The van der Waals surface area contributed by atoms with Crippen LogP contribution in [-0.4, -0.2) is 31.3 Å². The van der Waals surface area contributed by atoms with Gasteiger partial charge in [-0.15, -0.1) is 0 Å². The summed E-state index contributed by atoms with van der Waals surface area (Å²) in [6.07, 6.45) is -2.70. The molecule has 1 aromatic rings. The van der Waals surface area contributed by atoms with Crippen molar-refractivity contribution >= 4 is 22.5 Å². The molecular weight excluding hydrogens is 435 g/mol. The summed E-state index contributed by atoms with van der Waals surface area (Å²) in [5.41, 5.74) is 13.0. The van der Waals surface area contributed by atoms with Crippen molar-refractivity contribution in [2.24, 2.45) is 10.7 Å². The highest BCUT2D eigenvalue weighted by molar-refractivity contribution is 6.64. The van der Waals surface area contributed by atoms with Crippen molar-refractivity contribution in [3.63, 3.8) is 0 Å². The minimum atomic E-state index is -4.54. The Kier molecular flexibility index (Phi) is 6.83. The van der Waals surface area contributed by atoms with E-state index in [-0.39, 0.29) is 11.0 Å². The number of benzene rings is 1. The molecule has 7 nitrogen and oxygen atoms in total. The van der Waals surface area contributed by atoms with Gasteiger partial charge in [0.2, 0.25) is 5.29 Å². The lowest BCUT2D eigenvalue weighted by Crippen LogP contribution is -2.48. The number of ether oxygens (including phenoxy) is 2. The smallest absolute Gasteiger partial charge is 0.416 e. The summed E-state index contributed by atoms with van der Waals surface area (Å²) in [7, 11) is 1.48. The van der Waals surface area contributed by atoms with Gasteiger partial charge in [-0.2, -0.15) is 18.6 Å². The number of hydrogen-bond acceptors (Lipinski definition) is 7. The summed E-state index contributed by atoms with van der Waals surface area (Å²) < 4.78 is 51.6. The normalized spacial score (nSPS) is 25.6. The molecule has 31 heavy (non-hydrogen) atoms. The minimum Gasteiger partial charge on any atom is -0.482 e. The number of allylic oxidation sites excluding steroid dienone is 2. The zero-order valence-corrected chi connectivity index (χ0v) is 17.9. The molecule has 0 aromatic heterocycles. The first kappa shape index (κ1) is 23.0. The van der Waals surface area contributed by atoms with Gasteiger partial charge < -0.3 is 20.5 Å². The molecule has 0 aliphatic carbocycles. The van der Waals surface area contributed by atoms with E-state index in [1.165, 1.54) is 13.2 Å². The average Bonchev–Trinajstić information content (AvgIpc) is 2.69. The molecule has 11 heteroatoms. The zero-order valence-electron chi connectivity index (χ0n) is 17.1. The standard InChI is InChI=1S/C20H23ClF3N5O2/c1-10-6-14(18(30-3)26-9-10)13-5-4-12(20(22,23)24)8-15(13)31-17-11(2)7-16(25)27-19(21)29-28-17/h4-8,16-17,26,28H,9,25H2,1-3H3,(H,27,29)/b11-7-. The largest absolute Gasteiger partial charge is 0.482 e. The molecule has 0 saturated heterocycles. The number of hydrazine groups is 1. The van der Waals surface area contributed by atoms with E-state index in [0.717, 1.165) is 17.7 Å². The molecule has 2 atom stereocenters. The molecule has 2 aliphatic heterocycles. The molecule has 168 valence electrons. The van der Waals surface area contributed by atoms with Crippen molar-refractivity contribution in [3.8, 4) is 5.75 Å². The number of hydrogen-bond donors (Lipinski definition) is 4. The summed E-state index contributed by atoms with van der Waals surface area (Å²) in [5, 5.41) is 3.10. The van der Waals surface area contributed by atoms with Gasteiger partial charge in [0.15, 0.2) is 12.1 Å². The monoisotopic (exact) mass is 457 g/mol. The summed E-state index contributed by atoms with van der Waals surface area (Å²) in [5.74, 6) is 0.435. The van der Waals surface area contributed by atoms with E-state index in [1.807, 2.05) is 13.0 Å². The molecule has 1 aromatic carbocycles. The van der Waals surface area contributed by atoms with Gasteiger partial charge in [0.05, 0.1) is 12.7 Å². The Hall–Kier alpha value is -2.69. The topological polar surface area (TPSA) is 92.9 Å². The third kappa shape index (κ3) is 5.52. The summed E-state index contributed by atoms with van der Waals surface area (Å²) in [6, 6.07) is 3.32. The first-order chi connectivity index (χ1) is 14.6. The molecular formula is C20H23ClF3N5O2. The van der Waals surface area contributed by atoms with Gasteiger partial charge in [-0.1, -0.05) is 5.57 Å². The van der Waals surface area contributed by atoms with Crippen LogP contribution in [0.2, 0.25) is 0 Å². The highest BCUT2D eigenvalue weighted by Gasteiger charge is 2.32. The number of aliphatic imine (C=N–C) groups is 1. The highest BCUT2D eigenvalue weighted by atomic mass is 35.5. The Balaban J connectivity index is 2.08. The average molecular weight is 458 g/mol. The van der Waals surface area contributed by atoms with Crippen LogP contribution in [0.1, 0.15) is 25.0 Å². The van der Waals surface area contributed by atoms with E-state index in [1.54, 1.807) is 13.0 Å². The molecule has 0 bridgehead atoms. The number of nitrogens with one attached hydrogen (secondary N) is 3. The number of nitrogens with two attached hydrogens (primary N) is 1. The van der Waals surface area contributed by atoms with Crippen molar-refractivity contribution in [2.45, 2.75) is 32.4 Å². The Morgan fingerprint density at radius 2 is 2.00 bits per heavy atom. The molecule has 0 fully saturated rings. The zero-order chi connectivity index (χ0) is 22.8. The van der Waals surface area contributed by atoms with Gasteiger partial charge in [0, 0.05) is 17.7 Å². The van der Waals surface area contributed by atoms with Crippen LogP contribution in [0.25, 0.3) is 5.57 Å². The SMILES string of the molecule is COC1=C(c2ccc(C(F)(F)F)cc2OC2NN/C(Cl)=N\C(N)/C=C\2C)C=C(C)CN1. The second-order valence-electron chi connectivity index (χ2n) is 7.09. The fourth-order valence-electron chi connectivity index (χ4n) is 3.12. The summed E-state index contributed by atoms with van der Waals surface area (Å²) in [6.45, 7) is 4.18. The summed E-state index contributed by atoms with van der Waals surface area (Å²) >= 11 is 5.92. The predicted octanol–water partition coefficient (Wildman–Crippen LogP) is 3.21. The van der Waals surface area contributed by atoms with Crippen molar-refractivity contribution in [3.05, 3.63) is 58.5 Å². The van der Waals surface area contributed by atoms with Crippen molar-refractivity contribution in [1.82, 2.24) is 16.2 Å². The quantitative estimate of drug-likeness (QED) is 0.410. The van der Waals surface area contributed by atoms with E-state index in [4.69, 9.17) is 26.8 Å². The Morgan fingerprint density at radius 1 is 1.26 bits per heavy atom. The fourth-order valence-corrected chi connectivity index (χ4v) is 3.29. The van der Waals surface area contributed by atoms with Crippen LogP contribution in [0, 0.1) is 0 Å². The van der Waals surface area contributed by atoms with Gasteiger partial charge in [-0.05, 0) is 61.4 Å². The van der Waals surface area contributed by atoms with Gasteiger partial charge in [-0.25, -0.2) is 4.99 Å². The van der Waals surface area contributed by atoms with E-state index >= 15 is 0 Å². The number of alkyl halides is 3. The van der Waals surface area contributed by atoms with E-state index in [9.17, 15) is 13.2 Å². The summed E-state index contributed by atoms with van der Waals surface area (Å²) in [4.78, 5) is 3.96. The van der Waals surface area contributed by atoms with Crippen LogP contribution in [0.4, 0.5) is 13.2 Å². The third-order valence-electron chi connectivity index (χ3n) is 4.63. The van der Waals surface area contributed by atoms with Crippen molar-refractivity contribution < 1.29 is 22.6 Å². The number of nitrogens with zero attached hydrogens (tertiary/aromatic N) is 1. The molecule has 2 aliphatic rings. The molecule has 0 amide bonds. The maximum atomic E-state index is 13.4. The fraction of sp³-hybridized carbons (Fsp3) is 0.350. The molecule has 0 spiro atoms. The maximum Gasteiger partial charge on any atom is 0.416 e. The van der Waals surface area contributed by atoms with Gasteiger partial charge in [-0.3, -0.25) is 5.43 Å². The minimum absolute atomic E-state index is 0.00128. The first-order valence-electron chi connectivity index (χ1n) is 9.35. The molecule has 0 saturated carbocycles. The second-order valence-corrected chi connectivity index (χ2v) is 7.45. The lowest BCUT2D eigenvalue weighted by atomic mass is 9.98. The van der Waals surface area contributed by atoms with Gasteiger partial charge >= 0.3 is 6.18 Å². The first-order valence-corrected chi connectivity index (χ1v) is 9.72. The number of rotatable bonds is 4. The number of methoxy groups -OCH3 is 1. The molecule has 0 radical (unpaired) electrons. The Morgan fingerprint density at radius 3 is 2.68 bits per heavy atom. The van der Waals surface area contributed by atoms with E-state index in [2.05, 4.69) is 21.2 Å². The molecule has 5 N–H and O–H groups in total. The van der Waals surface area contributed by atoms with E-state index in [0.29, 0.717) is 29.1 Å². The predicted molar refractivity (Wildman–Crippen MR) is 113 cm³/mol. The van der Waals surface area contributed by atoms with Crippen molar-refractivity contribution in [1.29, 1.82) is 0 Å². The van der Waals surface area contributed by atoms with Crippen LogP contribution in [0.5, 0.6) is 5.75 Å². The molecule has 3 rings (SSSR count). The lowest BCUT2D eigenvalue weighted by Gasteiger charge is -2.27. The van der Waals surface area contributed by atoms with Crippen LogP contribution >= 0.6 is 11.6 Å². The lowest BCUT2D eigenvalue weighted by molar-refractivity contribution is -0.137. The maximum absolute atomic E-state index is 13.4. The number of halogens is 4. The van der Waals surface area contributed by atoms with Crippen molar-refractivity contribution in [2.75, 3.05) is 13.7 Å². The van der Waals surface area contributed by atoms with Crippen LogP contribution in [0.15, 0.2) is 52.4 Å². The number of dihydropyridines is 1. The Bertz CT molecular complexity index is 972. The van der Waals surface area contributed by atoms with Crippen LogP contribution in [-0.2, 0) is 10.9 Å². The molecule has 2 unspecified atom stereocenters. The Labute approximate surface area is 182 Å². The highest BCUT2D eigenvalue weighted by Crippen LogP contribution is 2.38. The number of amidine groups is 1. The van der Waals surface area contributed by atoms with Gasteiger partial charge in [0.25, 0.3) is 0 Å². The third-order valence-corrected chi connectivity index (χ3v) is 4.82. The van der Waals surface area contributed by atoms with Crippen LogP contribution < -0.4 is 26.6 Å². The van der Waals surface area contributed by atoms with Gasteiger partial charge in [0.1, 0.15) is 11.9 Å². The second kappa shape index (κ2) is 9.21. The van der Waals surface area contributed by atoms with Crippen LogP contribution in [0.3, 0.4) is 0 Å². The van der Waals surface area contributed by atoms with E-state index < -0.39 is 24.1 Å². The molecule has 2 heterocycles.